The first-order chi connectivity index (χ1) is 15.0. The third kappa shape index (κ3) is 5.29. The Morgan fingerprint density at radius 2 is 1.87 bits per heavy atom. The van der Waals surface area contributed by atoms with Gasteiger partial charge in [-0.2, -0.15) is 4.98 Å². The number of likely N-dealkylation sites (tertiary alicyclic amines) is 1. The largest absolute Gasteiger partial charge is 0.375 e. The molecule has 0 atom stereocenters. The molecule has 1 aromatic heterocycles. The Hall–Kier alpha value is -3.20. The van der Waals surface area contributed by atoms with Crippen LogP contribution < -0.4 is 16.4 Å². The van der Waals surface area contributed by atoms with Crippen molar-refractivity contribution in [2.24, 2.45) is 5.73 Å². The monoisotopic (exact) mass is 424 g/mol. The number of primary amides is 1. The number of benzene rings is 1. The Balaban J connectivity index is 1.38. The first-order valence-electron chi connectivity index (χ1n) is 10.6. The van der Waals surface area contributed by atoms with Crippen molar-refractivity contribution in [3.63, 3.8) is 0 Å². The van der Waals surface area contributed by atoms with Gasteiger partial charge in [0.05, 0.1) is 5.56 Å². The highest BCUT2D eigenvalue weighted by molar-refractivity contribution is 5.97. The summed E-state index contributed by atoms with van der Waals surface area (Å²) in [7, 11) is 1.54. The summed E-state index contributed by atoms with van der Waals surface area (Å²) >= 11 is 0. The molecule has 1 aromatic carbocycles. The number of carbonyl (C=O) groups excluding carboxylic acids is 2. The lowest BCUT2D eigenvalue weighted by molar-refractivity contribution is -0.136. The highest BCUT2D eigenvalue weighted by atomic mass is 16.5. The number of piperidine rings is 1. The molecule has 2 amide bonds. The van der Waals surface area contributed by atoms with E-state index >= 15 is 0 Å². The number of nitrogens with one attached hydrogen (secondary N) is 2. The molecule has 2 fully saturated rings. The average molecular weight is 425 g/mol. The molecule has 1 saturated carbocycles. The molecule has 9 heteroatoms. The minimum atomic E-state index is -0.547. The number of methoxy groups -OCH3 is 1. The Bertz CT molecular complexity index is 937. The summed E-state index contributed by atoms with van der Waals surface area (Å²) in [5.41, 5.74) is 7.85. The number of amides is 2. The van der Waals surface area contributed by atoms with Gasteiger partial charge in [0.25, 0.3) is 5.91 Å². The molecule has 9 nitrogen and oxygen atoms in total. The van der Waals surface area contributed by atoms with Gasteiger partial charge in [-0.05, 0) is 49.3 Å². The van der Waals surface area contributed by atoms with Gasteiger partial charge < -0.3 is 26.0 Å². The van der Waals surface area contributed by atoms with Crippen LogP contribution in [0.4, 0.5) is 17.5 Å². The lowest BCUT2D eigenvalue weighted by atomic mass is 9.89. The van der Waals surface area contributed by atoms with Gasteiger partial charge in [-0.25, -0.2) is 4.98 Å². The molecule has 1 saturated heterocycles. The van der Waals surface area contributed by atoms with E-state index in [9.17, 15) is 9.59 Å². The van der Waals surface area contributed by atoms with Crippen LogP contribution in [0.3, 0.4) is 0 Å². The summed E-state index contributed by atoms with van der Waals surface area (Å²) in [4.78, 5) is 34.1. The molecule has 0 unspecified atom stereocenters. The van der Waals surface area contributed by atoms with Crippen LogP contribution in [-0.4, -0.2) is 59.5 Å². The minimum absolute atomic E-state index is 0.0541. The van der Waals surface area contributed by atoms with Crippen molar-refractivity contribution in [3.8, 4) is 0 Å². The molecule has 164 valence electrons. The Kier molecular flexibility index (Phi) is 6.31. The SMILES string of the molecule is COCC(=O)N1CCC(c2ccc(Nc3ncc(C(N)=O)c(NC4CC4)n3)cc2)CC1. The van der Waals surface area contributed by atoms with E-state index in [0.717, 1.165) is 44.5 Å². The molecule has 31 heavy (non-hydrogen) atoms. The van der Waals surface area contributed by atoms with Gasteiger partial charge in [0.1, 0.15) is 12.4 Å². The number of ether oxygens (including phenoxy) is 1. The first-order valence-corrected chi connectivity index (χ1v) is 10.6. The molecule has 2 aromatic rings. The summed E-state index contributed by atoms with van der Waals surface area (Å²) in [6.45, 7) is 1.65. The van der Waals surface area contributed by atoms with Crippen LogP contribution >= 0.6 is 0 Å². The fraction of sp³-hybridized carbons (Fsp3) is 0.455. The fourth-order valence-electron chi connectivity index (χ4n) is 3.80. The molecule has 0 radical (unpaired) electrons. The summed E-state index contributed by atoms with van der Waals surface area (Å²) in [6.07, 6.45) is 5.46. The van der Waals surface area contributed by atoms with E-state index in [4.69, 9.17) is 10.5 Å². The fourth-order valence-corrected chi connectivity index (χ4v) is 3.80. The highest BCUT2D eigenvalue weighted by Gasteiger charge is 2.25. The normalized spacial score (nSPS) is 16.7. The van der Waals surface area contributed by atoms with Crippen molar-refractivity contribution in [3.05, 3.63) is 41.6 Å². The van der Waals surface area contributed by atoms with Crippen molar-refractivity contribution >= 4 is 29.3 Å². The molecule has 0 spiro atoms. The second-order valence-corrected chi connectivity index (χ2v) is 8.07. The van der Waals surface area contributed by atoms with Gasteiger partial charge in [0, 0.05) is 38.1 Å². The molecule has 4 rings (SSSR count). The average Bonchev–Trinajstić information content (AvgIpc) is 3.59. The van der Waals surface area contributed by atoms with Crippen LogP contribution in [-0.2, 0) is 9.53 Å². The lowest BCUT2D eigenvalue weighted by Crippen LogP contribution is -2.39. The maximum Gasteiger partial charge on any atom is 0.254 e. The van der Waals surface area contributed by atoms with Gasteiger partial charge in [0.15, 0.2) is 0 Å². The van der Waals surface area contributed by atoms with Gasteiger partial charge in [-0.3, -0.25) is 9.59 Å². The zero-order valence-electron chi connectivity index (χ0n) is 17.6. The van der Waals surface area contributed by atoms with Crippen molar-refractivity contribution in [1.29, 1.82) is 0 Å². The van der Waals surface area contributed by atoms with E-state index in [1.165, 1.54) is 11.8 Å². The van der Waals surface area contributed by atoms with E-state index in [-0.39, 0.29) is 12.5 Å². The third-order valence-corrected chi connectivity index (χ3v) is 5.73. The maximum atomic E-state index is 12.0. The van der Waals surface area contributed by atoms with Crippen LogP contribution in [0.1, 0.15) is 47.5 Å². The van der Waals surface area contributed by atoms with E-state index < -0.39 is 5.91 Å². The summed E-state index contributed by atoms with van der Waals surface area (Å²) < 4.78 is 4.94. The second-order valence-electron chi connectivity index (χ2n) is 8.07. The number of nitrogens with zero attached hydrogens (tertiary/aromatic N) is 3. The van der Waals surface area contributed by atoms with Crippen LogP contribution in [0.5, 0.6) is 0 Å². The van der Waals surface area contributed by atoms with Crippen LogP contribution in [0.15, 0.2) is 30.5 Å². The second kappa shape index (κ2) is 9.30. The quantitative estimate of drug-likeness (QED) is 0.594. The summed E-state index contributed by atoms with van der Waals surface area (Å²) in [6, 6.07) is 8.53. The van der Waals surface area contributed by atoms with Gasteiger partial charge in [-0.15, -0.1) is 0 Å². The topological polar surface area (TPSA) is 122 Å². The maximum absolute atomic E-state index is 12.0. The lowest BCUT2D eigenvalue weighted by Gasteiger charge is -2.32. The predicted octanol–water partition coefficient (Wildman–Crippen LogP) is 2.25. The molecule has 0 bridgehead atoms. The Morgan fingerprint density at radius 1 is 1.16 bits per heavy atom. The number of hydrogen-bond donors (Lipinski definition) is 3. The Labute approximate surface area is 181 Å². The molecular weight excluding hydrogens is 396 g/mol. The molecule has 2 heterocycles. The van der Waals surface area contributed by atoms with Crippen LogP contribution in [0, 0.1) is 0 Å². The number of carbonyl (C=O) groups is 2. The van der Waals surface area contributed by atoms with Gasteiger partial charge in [-0.1, -0.05) is 12.1 Å². The Morgan fingerprint density at radius 3 is 2.48 bits per heavy atom. The van der Waals surface area contributed by atoms with Crippen molar-refractivity contribution in [2.75, 3.05) is 37.4 Å². The van der Waals surface area contributed by atoms with E-state index in [1.807, 2.05) is 17.0 Å². The van der Waals surface area contributed by atoms with Crippen LogP contribution in [0.25, 0.3) is 0 Å². The molecule has 1 aliphatic heterocycles. The molecular formula is C22H28N6O3. The zero-order valence-corrected chi connectivity index (χ0v) is 17.6. The van der Waals surface area contributed by atoms with Crippen molar-refractivity contribution in [2.45, 2.75) is 37.6 Å². The zero-order chi connectivity index (χ0) is 21.8. The third-order valence-electron chi connectivity index (χ3n) is 5.73. The number of rotatable bonds is 8. The predicted molar refractivity (Wildman–Crippen MR) is 117 cm³/mol. The number of aromatic nitrogens is 2. The molecule has 1 aliphatic carbocycles. The highest BCUT2D eigenvalue weighted by Crippen LogP contribution is 2.30. The van der Waals surface area contributed by atoms with Crippen molar-refractivity contribution < 1.29 is 14.3 Å². The number of anilines is 3. The molecule has 2 aliphatic rings. The first kappa shape index (κ1) is 21.0. The summed E-state index contributed by atoms with van der Waals surface area (Å²) in [5, 5.41) is 6.42. The number of hydrogen-bond acceptors (Lipinski definition) is 7. The van der Waals surface area contributed by atoms with E-state index in [1.54, 1.807) is 7.11 Å². The number of nitrogens with two attached hydrogens (primary N) is 1. The van der Waals surface area contributed by atoms with Gasteiger partial charge in [0.2, 0.25) is 11.9 Å². The minimum Gasteiger partial charge on any atom is -0.375 e. The van der Waals surface area contributed by atoms with E-state index in [2.05, 4.69) is 32.7 Å². The van der Waals surface area contributed by atoms with E-state index in [0.29, 0.717) is 29.3 Å². The van der Waals surface area contributed by atoms with Crippen LogP contribution in [0.2, 0.25) is 0 Å². The molecule has 4 N–H and O–H groups in total. The summed E-state index contributed by atoms with van der Waals surface area (Å²) in [5.74, 6) is 0.818. The standard InChI is InChI=1S/C22H28N6O3/c1-31-13-19(29)28-10-8-15(9-11-28)14-2-4-17(5-3-14)26-22-24-12-18(20(23)30)21(27-22)25-16-6-7-16/h2-5,12,15-16H,6-11,13H2,1H3,(H2,23,30)(H2,24,25,26,27). The van der Waals surface area contributed by atoms with Gasteiger partial charge >= 0.3 is 0 Å². The van der Waals surface area contributed by atoms with Crippen molar-refractivity contribution in [1.82, 2.24) is 14.9 Å². The smallest absolute Gasteiger partial charge is 0.254 e.